The third kappa shape index (κ3) is 5.44. The van der Waals surface area contributed by atoms with Gasteiger partial charge in [0, 0.05) is 44.8 Å². The lowest BCUT2D eigenvalue weighted by Gasteiger charge is -2.32. The molecule has 1 aromatic heterocycles. The van der Waals surface area contributed by atoms with E-state index in [-0.39, 0.29) is 23.8 Å². The maximum atomic E-state index is 12.8. The highest BCUT2D eigenvalue weighted by Gasteiger charge is 2.29. The van der Waals surface area contributed by atoms with Gasteiger partial charge in [-0.2, -0.15) is 0 Å². The normalized spacial score (nSPS) is 15.8. The third-order valence-electron chi connectivity index (χ3n) is 5.59. The number of benzene rings is 1. The number of ether oxygens (including phenoxy) is 1. The summed E-state index contributed by atoms with van der Waals surface area (Å²) in [7, 11) is 1.68. The predicted octanol–water partition coefficient (Wildman–Crippen LogP) is 2.35. The molecule has 0 aliphatic carbocycles. The van der Waals surface area contributed by atoms with Gasteiger partial charge in [0.2, 0.25) is 5.91 Å². The number of carbonyl (C=O) groups is 2. The Bertz CT molecular complexity index is 841. The van der Waals surface area contributed by atoms with Crippen molar-refractivity contribution in [2.24, 2.45) is 5.92 Å². The number of methoxy groups -OCH3 is 1. The van der Waals surface area contributed by atoms with Crippen molar-refractivity contribution < 1.29 is 14.3 Å². The van der Waals surface area contributed by atoms with E-state index in [9.17, 15) is 9.59 Å². The zero-order chi connectivity index (χ0) is 21.5. The van der Waals surface area contributed by atoms with Crippen molar-refractivity contribution in [1.82, 2.24) is 25.0 Å². The number of aryl methyl sites for hydroxylation is 2. The number of nitrogens with zero attached hydrogens (tertiary/aromatic N) is 4. The molecule has 2 heterocycles. The molecule has 0 saturated carbocycles. The van der Waals surface area contributed by atoms with Crippen molar-refractivity contribution in [2.45, 2.75) is 45.7 Å². The van der Waals surface area contributed by atoms with Crippen LogP contribution in [0.2, 0.25) is 0 Å². The SMILES string of the molecule is COCCCn1cnnc1C(C)NC(=O)C1CCN(C(=O)c2ccc(C)cc2)CC1. The van der Waals surface area contributed by atoms with Crippen molar-refractivity contribution in [2.75, 3.05) is 26.8 Å². The molecule has 8 heteroatoms. The van der Waals surface area contributed by atoms with Gasteiger partial charge in [0.05, 0.1) is 6.04 Å². The Morgan fingerprint density at radius 1 is 1.23 bits per heavy atom. The molecule has 0 spiro atoms. The summed E-state index contributed by atoms with van der Waals surface area (Å²) in [5.74, 6) is 0.689. The topological polar surface area (TPSA) is 89.3 Å². The van der Waals surface area contributed by atoms with Crippen LogP contribution in [0.3, 0.4) is 0 Å². The third-order valence-corrected chi connectivity index (χ3v) is 5.59. The minimum atomic E-state index is -0.227. The first-order chi connectivity index (χ1) is 14.5. The highest BCUT2D eigenvalue weighted by Crippen LogP contribution is 2.21. The Labute approximate surface area is 177 Å². The van der Waals surface area contributed by atoms with Crippen molar-refractivity contribution in [1.29, 1.82) is 0 Å². The van der Waals surface area contributed by atoms with Crippen LogP contribution in [-0.2, 0) is 16.1 Å². The molecule has 1 fully saturated rings. The van der Waals surface area contributed by atoms with E-state index in [2.05, 4.69) is 15.5 Å². The fourth-order valence-electron chi connectivity index (χ4n) is 3.77. The average Bonchev–Trinajstić information content (AvgIpc) is 3.23. The summed E-state index contributed by atoms with van der Waals surface area (Å²) in [6, 6.07) is 7.39. The van der Waals surface area contributed by atoms with Gasteiger partial charge in [-0.1, -0.05) is 17.7 Å². The molecule has 0 bridgehead atoms. The molecule has 0 radical (unpaired) electrons. The first-order valence-electron chi connectivity index (χ1n) is 10.5. The van der Waals surface area contributed by atoms with Crippen LogP contribution in [0.25, 0.3) is 0 Å². The number of aromatic nitrogens is 3. The van der Waals surface area contributed by atoms with Crippen LogP contribution in [0.4, 0.5) is 0 Å². The number of rotatable bonds is 8. The second kappa shape index (κ2) is 10.3. The fraction of sp³-hybridized carbons (Fsp3) is 0.545. The number of hydrogen-bond donors (Lipinski definition) is 1. The summed E-state index contributed by atoms with van der Waals surface area (Å²) >= 11 is 0. The molecule has 1 aromatic carbocycles. The van der Waals surface area contributed by atoms with Crippen molar-refractivity contribution >= 4 is 11.8 Å². The molecule has 30 heavy (non-hydrogen) atoms. The highest BCUT2D eigenvalue weighted by atomic mass is 16.5. The summed E-state index contributed by atoms with van der Waals surface area (Å²) in [6.45, 7) is 6.51. The van der Waals surface area contributed by atoms with Gasteiger partial charge in [-0.25, -0.2) is 0 Å². The summed E-state index contributed by atoms with van der Waals surface area (Å²) in [5, 5.41) is 11.2. The molecule has 3 rings (SSSR count). The number of hydrogen-bond acceptors (Lipinski definition) is 5. The van der Waals surface area contributed by atoms with Gasteiger partial charge in [-0.05, 0) is 45.2 Å². The lowest BCUT2D eigenvalue weighted by atomic mass is 9.95. The molecule has 1 aliphatic rings. The molecule has 162 valence electrons. The fourth-order valence-corrected chi connectivity index (χ4v) is 3.77. The predicted molar refractivity (Wildman–Crippen MR) is 113 cm³/mol. The van der Waals surface area contributed by atoms with Crippen LogP contribution in [0, 0.1) is 12.8 Å². The second-order valence-electron chi connectivity index (χ2n) is 7.89. The molecule has 1 unspecified atom stereocenters. The number of piperidine rings is 1. The van der Waals surface area contributed by atoms with Gasteiger partial charge < -0.3 is 19.5 Å². The van der Waals surface area contributed by atoms with Gasteiger partial charge in [-0.3, -0.25) is 9.59 Å². The van der Waals surface area contributed by atoms with Gasteiger partial charge >= 0.3 is 0 Å². The van der Waals surface area contributed by atoms with Crippen LogP contribution in [0.15, 0.2) is 30.6 Å². The van der Waals surface area contributed by atoms with E-state index in [1.54, 1.807) is 13.4 Å². The highest BCUT2D eigenvalue weighted by molar-refractivity contribution is 5.94. The smallest absolute Gasteiger partial charge is 0.253 e. The second-order valence-corrected chi connectivity index (χ2v) is 7.89. The summed E-state index contributed by atoms with van der Waals surface area (Å²) in [6.07, 6.45) is 3.87. The Morgan fingerprint density at radius 2 is 1.93 bits per heavy atom. The molecule has 1 saturated heterocycles. The molecule has 8 nitrogen and oxygen atoms in total. The Hall–Kier alpha value is -2.74. The van der Waals surface area contributed by atoms with Crippen LogP contribution in [0.1, 0.15) is 54.0 Å². The maximum Gasteiger partial charge on any atom is 0.253 e. The van der Waals surface area contributed by atoms with E-state index in [1.807, 2.05) is 47.6 Å². The summed E-state index contributed by atoms with van der Waals surface area (Å²) in [4.78, 5) is 27.3. The molecular weight excluding hydrogens is 382 g/mol. The van der Waals surface area contributed by atoms with Crippen molar-refractivity contribution in [3.8, 4) is 0 Å². The lowest BCUT2D eigenvalue weighted by molar-refractivity contribution is -0.127. The largest absolute Gasteiger partial charge is 0.385 e. The molecule has 2 amide bonds. The quantitative estimate of drug-likeness (QED) is 0.671. The first kappa shape index (κ1) is 22.0. The number of carbonyl (C=O) groups excluding carboxylic acids is 2. The van der Waals surface area contributed by atoms with Crippen molar-refractivity contribution in [3.63, 3.8) is 0 Å². The average molecular weight is 414 g/mol. The maximum absolute atomic E-state index is 12.8. The van der Waals surface area contributed by atoms with E-state index < -0.39 is 0 Å². The lowest BCUT2D eigenvalue weighted by Crippen LogP contribution is -2.43. The number of nitrogens with one attached hydrogen (secondary N) is 1. The molecule has 1 N–H and O–H groups in total. The van der Waals surface area contributed by atoms with Gasteiger partial charge in [-0.15, -0.1) is 10.2 Å². The monoisotopic (exact) mass is 413 g/mol. The van der Waals surface area contributed by atoms with E-state index in [1.165, 1.54) is 0 Å². The first-order valence-corrected chi connectivity index (χ1v) is 10.5. The zero-order valence-corrected chi connectivity index (χ0v) is 18.0. The van der Waals surface area contributed by atoms with Gasteiger partial charge in [0.25, 0.3) is 5.91 Å². The Kier molecular flexibility index (Phi) is 7.57. The van der Waals surface area contributed by atoms with E-state index in [0.717, 1.165) is 24.4 Å². The number of likely N-dealkylation sites (tertiary alicyclic amines) is 1. The standard InChI is InChI=1S/C22H31N5O3/c1-16-5-7-19(8-6-16)22(29)26-12-9-18(10-13-26)21(28)24-17(2)20-25-23-15-27(20)11-4-14-30-3/h5-8,15,17-18H,4,9-14H2,1-3H3,(H,24,28). The summed E-state index contributed by atoms with van der Waals surface area (Å²) < 4.78 is 7.04. The van der Waals surface area contributed by atoms with Gasteiger partial charge in [0.15, 0.2) is 5.82 Å². The molecule has 1 atom stereocenters. The molecular formula is C22H31N5O3. The molecule has 1 aliphatic heterocycles. The minimum absolute atomic E-state index is 0.0105. The van der Waals surface area contributed by atoms with Crippen LogP contribution < -0.4 is 5.32 Å². The van der Waals surface area contributed by atoms with Gasteiger partial charge in [0.1, 0.15) is 6.33 Å². The van der Waals surface area contributed by atoms with Crippen LogP contribution in [0.5, 0.6) is 0 Å². The Balaban J connectivity index is 1.50. The summed E-state index contributed by atoms with van der Waals surface area (Å²) in [5.41, 5.74) is 1.83. The zero-order valence-electron chi connectivity index (χ0n) is 18.0. The van der Waals surface area contributed by atoms with Crippen LogP contribution >= 0.6 is 0 Å². The molecule has 2 aromatic rings. The van der Waals surface area contributed by atoms with Crippen LogP contribution in [-0.4, -0.2) is 58.3 Å². The van der Waals surface area contributed by atoms with E-state index in [0.29, 0.717) is 38.1 Å². The number of amides is 2. The minimum Gasteiger partial charge on any atom is -0.385 e. The van der Waals surface area contributed by atoms with E-state index in [4.69, 9.17) is 4.74 Å². The van der Waals surface area contributed by atoms with Crippen molar-refractivity contribution in [3.05, 3.63) is 47.5 Å². The van der Waals surface area contributed by atoms with E-state index >= 15 is 0 Å². The Morgan fingerprint density at radius 3 is 2.60 bits per heavy atom.